The van der Waals surface area contributed by atoms with Crippen LogP contribution in [-0.4, -0.2) is 10.1 Å². The quantitative estimate of drug-likeness (QED) is 0.744. The van der Waals surface area contributed by atoms with Crippen molar-refractivity contribution < 1.29 is 5.11 Å². The van der Waals surface area contributed by atoms with E-state index in [0.29, 0.717) is 5.69 Å². The molecule has 3 heteroatoms. The first-order chi connectivity index (χ1) is 8.29. The molecule has 1 aliphatic carbocycles. The van der Waals surface area contributed by atoms with Crippen molar-refractivity contribution in [2.45, 2.75) is 12.8 Å². The van der Waals surface area contributed by atoms with Gasteiger partial charge in [0.25, 0.3) is 0 Å². The molecule has 1 aliphatic rings. The largest absolute Gasteiger partial charge is 0.507 e. The number of phenols is 1. The molecule has 1 N–H and O–H groups in total. The Kier molecular flexibility index (Phi) is 2.09. The summed E-state index contributed by atoms with van der Waals surface area (Å²) in [6, 6.07) is 11.2. The van der Waals surface area contributed by atoms with Crippen LogP contribution in [0.4, 0.5) is 0 Å². The summed E-state index contributed by atoms with van der Waals surface area (Å²) in [5, 5.41) is 18.8. The zero-order valence-electron chi connectivity index (χ0n) is 9.14. The number of hydrogen-bond acceptors (Lipinski definition) is 3. The van der Waals surface area contributed by atoms with Crippen LogP contribution in [0.5, 0.6) is 5.75 Å². The number of aryl methyl sites for hydroxylation is 2. The molecule has 0 aliphatic heterocycles. The van der Waals surface area contributed by atoms with Gasteiger partial charge in [0.15, 0.2) is 0 Å². The molecule has 0 radical (unpaired) electrons. The van der Waals surface area contributed by atoms with E-state index in [1.54, 1.807) is 12.1 Å². The predicted octanol–water partition coefficient (Wildman–Crippen LogP) is 2.42. The van der Waals surface area contributed by atoms with E-state index < -0.39 is 0 Å². The highest BCUT2D eigenvalue weighted by Gasteiger charge is 2.20. The van der Waals surface area contributed by atoms with Crippen LogP contribution in [0.25, 0.3) is 11.3 Å². The van der Waals surface area contributed by atoms with Gasteiger partial charge in [-0.1, -0.05) is 18.2 Å². The van der Waals surface area contributed by atoms with Crippen LogP contribution in [0.3, 0.4) is 0 Å². The molecule has 1 aromatic heterocycles. The van der Waals surface area contributed by atoms with E-state index in [2.05, 4.69) is 4.98 Å². The monoisotopic (exact) mass is 222 g/mol. The van der Waals surface area contributed by atoms with E-state index in [0.717, 1.165) is 35.2 Å². The van der Waals surface area contributed by atoms with Gasteiger partial charge >= 0.3 is 0 Å². The van der Waals surface area contributed by atoms with Gasteiger partial charge in [0.2, 0.25) is 0 Å². The van der Waals surface area contributed by atoms with Crippen LogP contribution in [0.1, 0.15) is 16.8 Å². The van der Waals surface area contributed by atoms with Crippen LogP contribution in [0.2, 0.25) is 0 Å². The van der Waals surface area contributed by atoms with Crippen molar-refractivity contribution >= 4 is 0 Å². The number of pyridine rings is 1. The Morgan fingerprint density at radius 2 is 1.94 bits per heavy atom. The molecule has 1 aromatic carbocycles. The summed E-state index contributed by atoms with van der Waals surface area (Å²) in [4.78, 5) is 4.31. The number of rotatable bonds is 0. The van der Waals surface area contributed by atoms with Crippen molar-refractivity contribution in [1.82, 2.24) is 4.98 Å². The van der Waals surface area contributed by atoms with Gasteiger partial charge in [0.1, 0.15) is 17.5 Å². The normalized spacial score (nSPS) is 12.4. The minimum atomic E-state index is 0.242. The highest BCUT2D eigenvalue weighted by atomic mass is 16.3. The molecule has 0 saturated heterocycles. The third-order valence-electron chi connectivity index (χ3n) is 3.12. The summed E-state index contributed by atoms with van der Waals surface area (Å²) < 4.78 is 0. The molecule has 1 heterocycles. The van der Waals surface area contributed by atoms with E-state index in [9.17, 15) is 5.11 Å². The van der Waals surface area contributed by atoms with Gasteiger partial charge in [-0.25, -0.2) is 4.98 Å². The third-order valence-corrected chi connectivity index (χ3v) is 3.12. The van der Waals surface area contributed by atoms with Gasteiger partial charge in [-0.15, -0.1) is 0 Å². The molecule has 17 heavy (non-hydrogen) atoms. The standard InChI is InChI=1S/C14H10N2O/c15-8-11-7-6-10-5-4-9-2-1-3-12(17)13(9)14(10)16-11/h1-3,6-7,17H,4-5H2. The number of fused-ring (bicyclic) bond motifs is 3. The van der Waals surface area contributed by atoms with Crippen LogP contribution in [0, 0.1) is 11.3 Å². The zero-order chi connectivity index (χ0) is 11.8. The molecule has 3 nitrogen and oxygen atoms in total. The third kappa shape index (κ3) is 1.46. The number of hydrogen-bond donors (Lipinski definition) is 1. The first kappa shape index (κ1) is 9.86. The van der Waals surface area contributed by atoms with Crippen LogP contribution >= 0.6 is 0 Å². The van der Waals surface area contributed by atoms with Gasteiger partial charge in [0, 0.05) is 5.56 Å². The lowest BCUT2D eigenvalue weighted by atomic mass is 9.88. The predicted molar refractivity (Wildman–Crippen MR) is 63.5 cm³/mol. The topological polar surface area (TPSA) is 56.9 Å². The molecule has 0 amide bonds. The maximum absolute atomic E-state index is 9.94. The number of nitriles is 1. The lowest BCUT2D eigenvalue weighted by Gasteiger charge is -2.19. The maximum Gasteiger partial charge on any atom is 0.141 e. The molecule has 0 atom stereocenters. The van der Waals surface area contributed by atoms with Gasteiger partial charge < -0.3 is 5.11 Å². The van der Waals surface area contributed by atoms with Crippen LogP contribution in [0.15, 0.2) is 30.3 Å². The van der Waals surface area contributed by atoms with Crippen molar-refractivity contribution in [3.05, 3.63) is 47.2 Å². The van der Waals surface area contributed by atoms with Crippen LogP contribution in [-0.2, 0) is 12.8 Å². The Morgan fingerprint density at radius 1 is 1.12 bits per heavy atom. The molecule has 0 saturated carbocycles. The number of aromatic hydroxyl groups is 1. The van der Waals surface area contributed by atoms with Gasteiger partial charge in [-0.2, -0.15) is 5.26 Å². The maximum atomic E-state index is 9.94. The van der Waals surface area contributed by atoms with Crippen LogP contribution < -0.4 is 0 Å². The lowest BCUT2D eigenvalue weighted by Crippen LogP contribution is -2.06. The molecule has 3 rings (SSSR count). The number of phenolic OH excluding ortho intramolecular Hbond substituents is 1. The summed E-state index contributed by atoms with van der Waals surface area (Å²) in [6.07, 6.45) is 1.81. The second-order valence-electron chi connectivity index (χ2n) is 4.13. The fourth-order valence-corrected chi connectivity index (χ4v) is 2.31. The fraction of sp³-hybridized carbons (Fsp3) is 0.143. The van der Waals surface area contributed by atoms with Gasteiger partial charge in [0.05, 0.1) is 5.69 Å². The number of benzene rings is 1. The Hall–Kier alpha value is -2.34. The number of aromatic nitrogens is 1. The van der Waals surface area contributed by atoms with E-state index in [-0.39, 0.29) is 5.75 Å². The Morgan fingerprint density at radius 3 is 2.76 bits per heavy atom. The second kappa shape index (κ2) is 3.60. The zero-order valence-corrected chi connectivity index (χ0v) is 9.14. The molecule has 0 unspecified atom stereocenters. The smallest absolute Gasteiger partial charge is 0.141 e. The summed E-state index contributed by atoms with van der Waals surface area (Å²) in [5.74, 6) is 0.242. The molecule has 2 aromatic rings. The molecule has 0 fully saturated rings. The summed E-state index contributed by atoms with van der Waals surface area (Å²) in [7, 11) is 0. The van der Waals surface area contributed by atoms with E-state index in [1.807, 2.05) is 24.3 Å². The van der Waals surface area contributed by atoms with Gasteiger partial charge in [-0.3, -0.25) is 0 Å². The number of nitrogens with zero attached hydrogens (tertiary/aromatic N) is 2. The lowest BCUT2D eigenvalue weighted by molar-refractivity contribution is 0.476. The summed E-state index contributed by atoms with van der Waals surface area (Å²) in [6.45, 7) is 0. The average molecular weight is 222 g/mol. The average Bonchev–Trinajstić information content (AvgIpc) is 2.38. The van der Waals surface area contributed by atoms with Crippen molar-refractivity contribution in [3.8, 4) is 23.1 Å². The second-order valence-corrected chi connectivity index (χ2v) is 4.13. The highest BCUT2D eigenvalue weighted by Crippen LogP contribution is 2.37. The van der Waals surface area contributed by atoms with Crippen molar-refractivity contribution in [1.29, 1.82) is 5.26 Å². The van der Waals surface area contributed by atoms with E-state index in [4.69, 9.17) is 5.26 Å². The summed E-state index contributed by atoms with van der Waals surface area (Å²) in [5.41, 5.74) is 4.12. The highest BCUT2D eigenvalue weighted by molar-refractivity contribution is 5.75. The van der Waals surface area contributed by atoms with Crippen molar-refractivity contribution in [2.24, 2.45) is 0 Å². The first-order valence-electron chi connectivity index (χ1n) is 5.51. The van der Waals surface area contributed by atoms with E-state index in [1.165, 1.54) is 0 Å². The Labute approximate surface area is 99.0 Å². The molecular weight excluding hydrogens is 212 g/mol. The SMILES string of the molecule is N#Cc1ccc2c(n1)-c1c(O)cccc1CC2. The minimum Gasteiger partial charge on any atom is -0.507 e. The Balaban J connectivity index is 2.31. The Bertz CT molecular complexity index is 641. The first-order valence-corrected chi connectivity index (χ1v) is 5.51. The molecule has 82 valence electrons. The van der Waals surface area contributed by atoms with Gasteiger partial charge in [-0.05, 0) is 36.1 Å². The van der Waals surface area contributed by atoms with Crippen molar-refractivity contribution in [3.63, 3.8) is 0 Å². The van der Waals surface area contributed by atoms with E-state index >= 15 is 0 Å². The molecular formula is C14H10N2O. The summed E-state index contributed by atoms with van der Waals surface area (Å²) >= 11 is 0. The molecule has 0 spiro atoms. The molecule has 0 bridgehead atoms. The minimum absolute atomic E-state index is 0.242. The van der Waals surface area contributed by atoms with Crippen molar-refractivity contribution in [2.75, 3.05) is 0 Å². The fourth-order valence-electron chi connectivity index (χ4n) is 2.31.